The van der Waals surface area contributed by atoms with Crippen LogP contribution in [0.3, 0.4) is 0 Å². The van der Waals surface area contributed by atoms with E-state index in [4.69, 9.17) is 9.47 Å². The Hall–Kier alpha value is -2.19. The van der Waals surface area contributed by atoms with E-state index in [2.05, 4.69) is 4.90 Å². The number of likely N-dealkylation sites (N-methyl/N-ethyl adjacent to an activating group) is 1. The molecule has 3 aliphatic rings. The number of halogens is 1. The standard InChI is InChI=1S/C24H34FN3O4/c1-4-27-23(30)28(19-5-6-20(25)21(15-19)32-17(2)3)22(29)24(27)9-11-26(12-10-24)16-18-7-13-31-14-8-18/h5-6,15,17-18H,4,7-14,16H2,1-3H3. The van der Waals surface area contributed by atoms with Crippen molar-refractivity contribution in [3.8, 4) is 5.75 Å². The van der Waals surface area contributed by atoms with E-state index < -0.39 is 11.4 Å². The number of carbonyl (C=O) groups excluding carboxylic acids is 2. The van der Waals surface area contributed by atoms with E-state index >= 15 is 0 Å². The molecule has 3 heterocycles. The molecular formula is C24H34FN3O4. The molecule has 3 aliphatic heterocycles. The largest absolute Gasteiger partial charge is 0.488 e. The number of rotatable bonds is 6. The highest BCUT2D eigenvalue weighted by Gasteiger charge is 2.58. The first-order chi connectivity index (χ1) is 15.4. The molecular weight excluding hydrogens is 413 g/mol. The van der Waals surface area contributed by atoms with Gasteiger partial charge in [-0.15, -0.1) is 0 Å². The summed E-state index contributed by atoms with van der Waals surface area (Å²) in [6.07, 6.45) is 3.17. The van der Waals surface area contributed by atoms with Gasteiger partial charge in [-0.2, -0.15) is 0 Å². The highest BCUT2D eigenvalue weighted by Crippen LogP contribution is 2.40. The highest BCUT2D eigenvalue weighted by atomic mass is 19.1. The minimum absolute atomic E-state index is 0.0494. The van der Waals surface area contributed by atoms with Gasteiger partial charge < -0.3 is 19.3 Å². The van der Waals surface area contributed by atoms with Crippen molar-refractivity contribution in [2.45, 2.75) is 58.1 Å². The molecule has 0 aromatic heterocycles. The maximum atomic E-state index is 14.2. The third-order valence-electron chi connectivity index (χ3n) is 6.93. The summed E-state index contributed by atoms with van der Waals surface area (Å²) in [5.41, 5.74) is -0.470. The molecule has 0 atom stereocenters. The number of likely N-dealkylation sites (tertiary alicyclic amines) is 1. The van der Waals surface area contributed by atoms with Crippen molar-refractivity contribution >= 4 is 17.6 Å². The Bertz CT molecular complexity index is 848. The summed E-state index contributed by atoms with van der Waals surface area (Å²) < 4.78 is 25.2. The fraction of sp³-hybridized carbons (Fsp3) is 0.667. The molecule has 0 N–H and O–H groups in total. The Morgan fingerprint density at radius 2 is 1.88 bits per heavy atom. The first-order valence-electron chi connectivity index (χ1n) is 11.8. The van der Waals surface area contributed by atoms with E-state index in [1.165, 1.54) is 23.1 Å². The number of urea groups is 1. The zero-order valence-electron chi connectivity index (χ0n) is 19.3. The van der Waals surface area contributed by atoms with Gasteiger partial charge in [0, 0.05) is 45.5 Å². The van der Waals surface area contributed by atoms with Gasteiger partial charge in [0.25, 0.3) is 5.91 Å². The third-order valence-corrected chi connectivity index (χ3v) is 6.93. The van der Waals surface area contributed by atoms with Crippen LogP contribution in [-0.2, 0) is 9.53 Å². The Balaban J connectivity index is 1.52. The maximum Gasteiger partial charge on any atom is 0.332 e. The van der Waals surface area contributed by atoms with Crippen LogP contribution in [-0.4, -0.2) is 72.8 Å². The minimum atomic E-state index is -0.828. The molecule has 0 unspecified atom stereocenters. The van der Waals surface area contributed by atoms with Crippen LogP contribution in [0.5, 0.6) is 5.75 Å². The Morgan fingerprint density at radius 3 is 2.50 bits per heavy atom. The SMILES string of the molecule is CCN1C(=O)N(c2ccc(F)c(OC(C)C)c2)C(=O)C12CCN(CC1CCOCC1)CC2. The lowest BCUT2D eigenvalue weighted by Crippen LogP contribution is -2.57. The normalized spacial score (nSPS) is 22.4. The number of imide groups is 1. The molecule has 3 amide bonds. The first kappa shape index (κ1) is 23.0. The average molecular weight is 448 g/mol. The molecule has 0 saturated carbocycles. The third kappa shape index (κ3) is 4.22. The number of piperidine rings is 1. The molecule has 3 saturated heterocycles. The molecule has 4 rings (SSSR count). The molecule has 7 nitrogen and oxygen atoms in total. The number of hydrogen-bond donors (Lipinski definition) is 0. The van der Waals surface area contributed by atoms with Crippen LogP contribution < -0.4 is 9.64 Å². The minimum Gasteiger partial charge on any atom is -0.488 e. The van der Waals surface area contributed by atoms with Crippen LogP contribution in [0.4, 0.5) is 14.9 Å². The molecule has 1 aromatic carbocycles. The van der Waals surface area contributed by atoms with Crippen molar-refractivity contribution in [1.29, 1.82) is 0 Å². The van der Waals surface area contributed by atoms with Crippen molar-refractivity contribution in [2.75, 3.05) is 44.3 Å². The van der Waals surface area contributed by atoms with Crippen molar-refractivity contribution in [1.82, 2.24) is 9.80 Å². The average Bonchev–Trinajstić information content (AvgIpc) is 2.97. The lowest BCUT2D eigenvalue weighted by atomic mass is 9.85. The summed E-state index contributed by atoms with van der Waals surface area (Å²) in [6, 6.07) is 3.85. The van der Waals surface area contributed by atoms with E-state index in [0.29, 0.717) is 31.0 Å². The predicted molar refractivity (Wildman–Crippen MR) is 119 cm³/mol. The molecule has 176 valence electrons. The zero-order chi connectivity index (χ0) is 22.9. The molecule has 0 bridgehead atoms. The van der Waals surface area contributed by atoms with Crippen LogP contribution in [0.1, 0.15) is 46.5 Å². The first-order valence-corrected chi connectivity index (χ1v) is 11.8. The Kier molecular flexibility index (Phi) is 6.72. The summed E-state index contributed by atoms with van der Waals surface area (Å²) in [5.74, 6) is -0.0355. The topological polar surface area (TPSA) is 62.3 Å². The van der Waals surface area contributed by atoms with Crippen molar-refractivity contribution in [2.24, 2.45) is 5.92 Å². The molecule has 3 fully saturated rings. The van der Waals surface area contributed by atoms with Crippen LogP contribution in [0.2, 0.25) is 0 Å². The molecule has 0 radical (unpaired) electrons. The lowest BCUT2D eigenvalue weighted by Gasteiger charge is -2.43. The van der Waals surface area contributed by atoms with Crippen LogP contribution in [0.25, 0.3) is 0 Å². The summed E-state index contributed by atoms with van der Waals surface area (Å²) in [4.78, 5) is 32.3. The smallest absolute Gasteiger partial charge is 0.332 e. The van der Waals surface area contributed by atoms with E-state index in [9.17, 15) is 14.0 Å². The van der Waals surface area contributed by atoms with Crippen molar-refractivity contribution < 1.29 is 23.5 Å². The number of ether oxygens (including phenoxy) is 2. The van der Waals surface area contributed by atoms with Gasteiger partial charge in [0.1, 0.15) is 5.54 Å². The Labute approximate surface area is 189 Å². The van der Waals surface area contributed by atoms with Gasteiger partial charge in [-0.25, -0.2) is 14.1 Å². The summed E-state index contributed by atoms with van der Waals surface area (Å²) in [6.45, 7) is 10.2. The maximum absolute atomic E-state index is 14.2. The van der Waals surface area contributed by atoms with Crippen molar-refractivity contribution in [3.63, 3.8) is 0 Å². The van der Waals surface area contributed by atoms with E-state index in [0.717, 1.165) is 45.7 Å². The molecule has 8 heteroatoms. The number of hydrogen-bond acceptors (Lipinski definition) is 5. The fourth-order valence-corrected chi connectivity index (χ4v) is 5.24. The molecule has 1 aromatic rings. The number of amides is 3. The lowest BCUT2D eigenvalue weighted by molar-refractivity contribution is -0.127. The summed E-state index contributed by atoms with van der Waals surface area (Å²) >= 11 is 0. The van der Waals surface area contributed by atoms with Gasteiger partial charge in [0.15, 0.2) is 11.6 Å². The van der Waals surface area contributed by atoms with Gasteiger partial charge in [-0.1, -0.05) is 0 Å². The quantitative estimate of drug-likeness (QED) is 0.623. The number of nitrogens with zero attached hydrogens (tertiary/aromatic N) is 3. The Morgan fingerprint density at radius 1 is 1.19 bits per heavy atom. The fourth-order valence-electron chi connectivity index (χ4n) is 5.24. The van der Waals surface area contributed by atoms with Crippen molar-refractivity contribution in [3.05, 3.63) is 24.0 Å². The number of carbonyl (C=O) groups is 2. The molecule has 32 heavy (non-hydrogen) atoms. The zero-order valence-corrected chi connectivity index (χ0v) is 19.3. The van der Waals surface area contributed by atoms with Crippen LogP contribution in [0.15, 0.2) is 18.2 Å². The second-order valence-electron chi connectivity index (χ2n) is 9.34. The van der Waals surface area contributed by atoms with Gasteiger partial charge in [-0.3, -0.25) is 4.79 Å². The second kappa shape index (κ2) is 9.35. The van der Waals surface area contributed by atoms with Gasteiger partial charge in [0.2, 0.25) is 0 Å². The van der Waals surface area contributed by atoms with E-state index in [1.807, 2.05) is 6.92 Å². The van der Waals surface area contributed by atoms with Crippen LogP contribution in [0, 0.1) is 11.7 Å². The van der Waals surface area contributed by atoms with Gasteiger partial charge in [-0.05, 0) is 64.5 Å². The predicted octanol–water partition coefficient (Wildman–Crippen LogP) is 3.66. The number of benzene rings is 1. The number of anilines is 1. The highest BCUT2D eigenvalue weighted by molar-refractivity contribution is 6.23. The monoisotopic (exact) mass is 447 g/mol. The van der Waals surface area contributed by atoms with E-state index in [1.54, 1.807) is 18.7 Å². The second-order valence-corrected chi connectivity index (χ2v) is 9.34. The van der Waals surface area contributed by atoms with Gasteiger partial charge >= 0.3 is 6.03 Å². The van der Waals surface area contributed by atoms with E-state index in [-0.39, 0.29) is 23.8 Å². The van der Waals surface area contributed by atoms with Gasteiger partial charge in [0.05, 0.1) is 11.8 Å². The molecule has 0 aliphatic carbocycles. The van der Waals surface area contributed by atoms with Crippen LogP contribution >= 0.6 is 0 Å². The summed E-state index contributed by atoms with van der Waals surface area (Å²) in [7, 11) is 0. The summed E-state index contributed by atoms with van der Waals surface area (Å²) in [5, 5.41) is 0. The molecule has 1 spiro atoms.